The lowest BCUT2D eigenvalue weighted by Crippen LogP contribution is -2.28. The SMILES string of the molecule is CN(C)C(CN)c1nc(-c2ccc(-c3ccccc3)cc2)nc2ccccc12. The molecule has 0 spiro atoms. The molecule has 0 saturated carbocycles. The Morgan fingerprint density at radius 3 is 2.04 bits per heavy atom. The van der Waals surface area contributed by atoms with Crippen LogP contribution in [-0.2, 0) is 0 Å². The maximum Gasteiger partial charge on any atom is 0.160 e. The first-order valence-electron chi connectivity index (χ1n) is 9.46. The van der Waals surface area contributed by atoms with Gasteiger partial charge in [0.2, 0.25) is 0 Å². The molecule has 0 saturated heterocycles. The number of fused-ring (bicyclic) bond motifs is 1. The lowest BCUT2D eigenvalue weighted by atomic mass is 10.0. The monoisotopic (exact) mass is 368 g/mol. The molecule has 1 atom stereocenters. The lowest BCUT2D eigenvalue weighted by Gasteiger charge is -2.23. The zero-order valence-corrected chi connectivity index (χ0v) is 16.2. The zero-order chi connectivity index (χ0) is 19.5. The van der Waals surface area contributed by atoms with E-state index in [0.717, 1.165) is 28.0 Å². The van der Waals surface area contributed by atoms with Crippen LogP contribution in [0.4, 0.5) is 0 Å². The van der Waals surface area contributed by atoms with Gasteiger partial charge in [0.25, 0.3) is 0 Å². The van der Waals surface area contributed by atoms with Crippen molar-refractivity contribution in [3.05, 3.63) is 84.6 Å². The van der Waals surface area contributed by atoms with Gasteiger partial charge >= 0.3 is 0 Å². The van der Waals surface area contributed by atoms with Crippen LogP contribution in [0.3, 0.4) is 0 Å². The molecule has 0 radical (unpaired) electrons. The van der Waals surface area contributed by atoms with Gasteiger partial charge in [0.1, 0.15) is 0 Å². The van der Waals surface area contributed by atoms with Crippen LogP contribution < -0.4 is 5.73 Å². The molecule has 0 aliphatic heterocycles. The number of hydrogen-bond acceptors (Lipinski definition) is 4. The molecule has 0 amide bonds. The molecule has 4 nitrogen and oxygen atoms in total. The molecule has 140 valence electrons. The third-order valence-electron chi connectivity index (χ3n) is 5.05. The summed E-state index contributed by atoms with van der Waals surface area (Å²) in [7, 11) is 4.06. The highest BCUT2D eigenvalue weighted by Gasteiger charge is 2.19. The summed E-state index contributed by atoms with van der Waals surface area (Å²) in [6.07, 6.45) is 0. The minimum absolute atomic E-state index is 0.0373. The van der Waals surface area contributed by atoms with Crippen molar-refractivity contribution in [2.24, 2.45) is 5.73 Å². The van der Waals surface area contributed by atoms with Gasteiger partial charge in [-0.3, -0.25) is 4.90 Å². The highest BCUT2D eigenvalue weighted by atomic mass is 15.1. The van der Waals surface area contributed by atoms with Crippen molar-refractivity contribution < 1.29 is 0 Å². The second kappa shape index (κ2) is 7.89. The Balaban J connectivity index is 1.81. The predicted octanol–water partition coefficient (Wildman–Crippen LogP) is 4.53. The number of benzene rings is 3. The number of nitrogens with zero attached hydrogens (tertiary/aromatic N) is 3. The zero-order valence-electron chi connectivity index (χ0n) is 16.2. The van der Waals surface area contributed by atoms with E-state index in [2.05, 4.69) is 59.5 Å². The summed E-state index contributed by atoms with van der Waals surface area (Å²) in [6, 6.07) is 26.9. The third kappa shape index (κ3) is 3.52. The first kappa shape index (κ1) is 18.3. The van der Waals surface area contributed by atoms with E-state index in [1.807, 2.05) is 38.4 Å². The van der Waals surface area contributed by atoms with Crippen LogP contribution >= 0.6 is 0 Å². The maximum absolute atomic E-state index is 6.07. The molecule has 0 bridgehead atoms. The minimum Gasteiger partial charge on any atom is -0.329 e. The number of likely N-dealkylation sites (N-methyl/N-ethyl adjacent to an activating group) is 1. The molecule has 3 aromatic carbocycles. The van der Waals surface area contributed by atoms with Crippen LogP contribution in [0.25, 0.3) is 33.4 Å². The van der Waals surface area contributed by atoms with E-state index in [4.69, 9.17) is 15.7 Å². The molecular formula is C24H24N4. The second-order valence-electron chi connectivity index (χ2n) is 7.11. The largest absolute Gasteiger partial charge is 0.329 e. The molecule has 0 fully saturated rings. The Morgan fingerprint density at radius 2 is 1.36 bits per heavy atom. The summed E-state index contributed by atoms with van der Waals surface area (Å²) >= 11 is 0. The van der Waals surface area contributed by atoms with Gasteiger partial charge in [-0.2, -0.15) is 0 Å². The minimum atomic E-state index is 0.0373. The molecule has 2 N–H and O–H groups in total. The average molecular weight is 368 g/mol. The molecular weight excluding hydrogens is 344 g/mol. The Morgan fingerprint density at radius 1 is 0.750 bits per heavy atom. The summed E-state index contributed by atoms with van der Waals surface area (Å²) < 4.78 is 0. The summed E-state index contributed by atoms with van der Waals surface area (Å²) in [6.45, 7) is 0.500. The van der Waals surface area contributed by atoms with E-state index in [1.165, 1.54) is 11.1 Å². The van der Waals surface area contributed by atoms with Crippen LogP contribution in [0.1, 0.15) is 11.7 Å². The van der Waals surface area contributed by atoms with Gasteiger partial charge < -0.3 is 5.73 Å². The fraction of sp³-hybridized carbons (Fsp3) is 0.167. The smallest absolute Gasteiger partial charge is 0.160 e. The van der Waals surface area contributed by atoms with E-state index in [1.54, 1.807) is 0 Å². The fourth-order valence-corrected chi connectivity index (χ4v) is 3.49. The third-order valence-corrected chi connectivity index (χ3v) is 5.05. The topological polar surface area (TPSA) is 55.0 Å². The van der Waals surface area contributed by atoms with Crippen LogP contribution in [0.2, 0.25) is 0 Å². The van der Waals surface area contributed by atoms with Gasteiger partial charge in [-0.15, -0.1) is 0 Å². The van der Waals surface area contributed by atoms with Gasteiger partial charge in [0, 0.05) is 17.5 Å². The first-order valence-corrected chi connectivity index (χ1v) is 9.46. The second-order valence-corrected chi connectivity index (χ2v) is 7.11. The van der Waals surface area contributed by atoms with Crippen LogP contribution in [0.15, 0.2) is 78.9 Å². The van der Waals surface area contributed by atoms with E-state index >= 15 is 0 Å². The summed E-state index contributed by atoms with van der Waals surface area (Å²) in [4.78, 5) is 11.9. The summed E-state index contributed by atoms with van der Waals surface area (Å²) in [5, 5.41) is 1.05. The Kier molecular flexibility index (Phi) is 5.15. The van der Waals surface area contributed by atoms with E-state index in [0.29, 0.717) is 6.54 Å². The van der Waals surface area contributed by atoms with Crippen molar-refractivity contribution in [2.75, 3.05) is 20.6 Å². The fourth-order valence-electron chi connectivity index (χ4n) is 3.49. The highest BCUT2D eigenvalue weighted by molar-refractivity contribution is 5.83. The normalized spacial score (nSPS) is 12.4. The number of aromatic nitrogens is 2. The van der Waals surface area contributed by atoms with Crippen molar-refractivity contribution in [3.8, 4) is 22.5 Å². The van der Waals surface area contributed by atoms with Gasteiger partial charge in [-0.05, 0) is 31.3 Å². The number of rotatable bonds is 5. The molecule has 0 aliphatic rings. The van der Waals surface area contributed by atoms with Crippen molar-refractivity contribution in [2.45, 2.75) is 6.04 Å². The molecule has 4 heteroatoms. The predicted molar refractivity (Wildman–Crippen MR) is 116 cm³/mol. The molecule has 0 aliphatic carbocycles. The Labute approximate surface area is 165 Å². The molecule has 1 aromatic heterocycles. The molecule has 1 unspecified atom stereocenters. The Hall–Kier alpha value is -3.08. The average Bonchev–Trinajstić information content (AvgIpc) is 2.74. The summed E-state index contributed by atoms with van der Waals surface area (Å²) in [5.74, 6) is 0.730. The van der Waals surface area contributed by atoms with Crippen molar-refractivity contribution in [1.29, 1.82) is 0 Å². The lowest BCUT2D eigenvalue weighted by molar-refractivity contribution is 0.302. The van der Waals surface area contributed by atoms with E-state index in [9.17, 15) is 0 Å². The molecule has 1 heterocycles. The number of hydrogen-bond donors (Lipinski definition) is 1. The summed E-state index contributed by atoms with van der Waals surface area (Å²) in [5.41, 5.74) is 11.4. The Bertz CT molecular complexity index is 1070. The van der Waals surface area contributed by atoms with Gasteiger partial charge in [-0.1, -0.05) is 72.8 Å². The van der Waals surface area contributed by atoms with Gasteiger partial charge in [0.15, 0.2) is 5.82 Å². The van der Waals surface area contributed by atoms with Crippen molar-refractivity contribution in [1.82, 2.24) is 14.9 Å². The number of para-hydroxylation sites is 1. The first-order chi connectivity index (χ1) is 13.7. The van der Waals surface area contributed by atoms with Crippen LogP contribution in [0, 0.1) is 0 Å². The maximum atomic E-state index is 6.07. The van der Waals surface area contributed by atoms with Crippen molar-refractivity contribution in [3.63, 3.8) is 0 Å². The highest BCUT2D eigenvalue weighted by Crippen LogP contribution is 2.28. The van der Waals surface area contributed by atoms with E-state index < -0.39 is 0 Å². The van der Waals surface area contributed by atoms with Crippen LogP contribution in [-0.4, -0.2) is 35.5 Å². The molecule has 4 rings (SSSR count). The number of nitrogens with two attached hydrogens (primary N) is 1. The quantitative estimate of drug-likeness (QED) is 0.562. The van der Waals surface area contributed by atoms with Gasteiger partial charge in [-0.25, -0.2) is 9.97 Å². The molecule has 28 heavy (non-hydrogen) atoms. The van der Waals surface area contributed by atoms with Crippen LogP contribution in [0.5, 0.6) is 0 Å². The van der Waals surface area contributed by atoms with E-state index in [-0.39, 0.29) is 6.04 Å². The standard InChI is InChI=1S/C24H24N4/c1-28(2)22(16-25)23-20-10-6-7-11-21(20)26-24(27-23)19-14-12-18(13-15-19)17-8-4-3-5-9-17/h3-15,22H,16,25H2,1-2H3. The van der Waals surface area contributed by atoms with Crippen molar-refractivity contribution >= 4 is 10.9 Å². The molecule has 4 aromatic rings. The van der Waals surface area contributed by atoms with Gasteiger partial charge in [0.05, 0.1) is 17.3 Å².